The molecule has 1 aromatic heterocycles. The minimum atomic E-state index is -5.37. The lowest BCUT2D eigenvalue weighted by Gasteiger charge is -2.41. The highest BCUT2D eigenvalue weighted by Gasteiger charge is 2.55. The van der Waals surface area contributed by atoms with Gasteiger partial charge in [-0.25, -0.2) is 13.9 Å². The number of halogens is 3. The number of ether oxygens (including phenoxy) is 1. The average Bonchev–Trinajstić information content (AvgIpc) is 3.45. The van der Waals surface area contributed by atoms with E-state index in [0.29, 0.717) is 10.6 Å². The van der Waals surface area contributed by atoms with E-state index in [2.05, 4.69) is 4.98 Å². The Morgan fingerprint density at radius 2 is 1.71 bits per heavy atom. The Morgan fingerprint density at radius 3 is 2.38 bits per heavy atom. The molecule has 10 nitrogen and oxygen atoms in total. The van der Waals surface area contributed by atoms with E-state index in [4.69, 9.17) is 4.74 Å². The normalized spacial score (nSPS) is 17.3. The third-order valence-electron chi connectivity index (χ3n) is 7.63. The third kappa shape index (κ3) is 6.62. The van der Waals surface area contributed by atoms with Crippen LogP contribution in [0.4, 0.5) is 18.9 Å². The fourth-order valence-corrected chi connectivity index (χ4v) is 7.15. The fraction of sp³-hybridized carbons (Fsp3) is 0.258. The number of anilines is 1. The van der Waals surface area contributed by atoms with Gasteiger partial charge in [0, 0.05) is 35.4 Å². The molecule has 5 rings (SSSR count). The van der Waals surface area contributed by atoms with Gasteiger partial charge in [-0.05, 0) is 61.9 Å². The summed E-state index contributed by atoms with van der Waals surface area (Å²) in [5.74, 6) is -3.09. The molecule has 3 aromatic carbocycles. The van der Waals surface area contributed by atoms with Crippen molar-refractivity contribution < 1.29 is 41.1 Å². The van der Waals surface area contributed by atoms with E-state index in [-0.39, 0.29) is 30.2 Å². The molecule has 1 unspecified atom stereocenters. The predicted molar refractivity (Wildman–Crippen MR) is 158 cm³/mol. The number of benzene rings is 3. The van der Waals surface area contributed by atoms with Gasteiger partial charge in [-0.1, -0.05) is 36.4 Å². The second kappa shape index (κ2) is 12.5. The standard InChI is InChI=1S/C31H29F3N4O6S/c1-21-17-22(26-9-5-6-10-27(26)35-21)19-44-24-13-11-23(12-14-24)38(29(40)31(32,33)34)30(18-28(39)36-41)15-16-37(20-30)45(42,43)25-7-3-2-4-8-25/h2-14,17,41H,15-16,18-20H2,1H3,(H,36,39). The largest absolute Gasteiger partial charge is 0.489 e. The van der Waals surface area contributed by atoms with Crippen LogP contribution in [0.3, 0.4) is 0 Å². The van der Waals surface area contributed by atoms with Crippen molar-refractivity contribution in [2.24, 2.45) is 0 Å². The molecule has 0 bridgehead atoms. The first-order chi connectivity index (χ1) is 21.3. The molecule has 236 valence electrons. The highest BCUT2D eigenvalue weighted by Crippen LogP contribution is 2.40. The molecule has 45 heavy (non-hydrogen) atoms. The lowest BCUT2D eigenvalue weighted by Crippen LogP contribution is -2.59. The Bertz CT molecular complexity index is 1820. The van der Waals surface area contributed by atoms with Gasteiger partial charge in [0.05, 0.1) is 22.4 Å². The van der Waals surface area contributed by atoms with E-state index in [0.717, 1.165) is 26.5 Å². The van der Waals surface area contributed by atoms with E-state index in [1.54, 1.807) is 6.07 Å². The zero-order valence-corrected chi connectivity index (χ0v) is 24.8. The summed E-state index contributed by atoms with van der Waals surface area (Å²) >= 11 is 0. The molecule has 0 aliphatic carbocycles. The van der Waals surface area contributed by atoms with Crippen molar-refractivity contribution >= 4 is 38.4 Å². The van der Waals surface area contributed by atoms with Crippen molar-refractivity contribution in [3.05, 3.63) is 96.2 Å². The van der Waals surface area contributed by atoms with Crippen LogP contribution in [0.15, 0.2) is 89.8 Å². The van der Waals surface area contributed by atoms with Gasteiger partial charge in [0.15, 0.2) is 0 Å². The maximum absolute atomic E-state index is 14.1. The second-order valence-electron chi connectivity index (χ2n) is 10.7. The third-order valence-corrected chi connectivity index (χ3v) is 9.49. The monoisotopic (exact) mass is 642 g/mol. The van der Waals surface area contributed by atoms with Gasteiger partial charge >= 0.3 is 12.1 Å². The van der Waals surface area contributed by atoms with Crippen molar-refractivity contribution in [3.8, 4) is 5.75 Å². The number of amides is 2. The second-order valence-corrected chi connectivity index (χ2v) is 12.6. The summed E-state index contributed by atoms with van der Waals surface area (Å²) < 4.78 is 75.8. The molecule has 1 aliphatic rings. The number of alkyl halides is 3. The van der Waals surface area contributed by atoms with Crippen LogP contribution >= 0.6 is 0 Å². The van der Waals surface area contributed by atoms with Crippen LogP contribution in [0.1, 0.15) is 24.1 Å². The van der Waals surface area contributed by atoms with Gasteiger partial charge in [0.2, 0.25) is 15.9 Å². The van der Waals surface area contributed by atoms with E-state index in [1.165, 1.54) is 54.0 Å². The molecule has 0 saturated carbocycles. The molecule has 2 amide bonds. The molecule has 4 aromatic rings. The van der Waals surface area contributed by atoms with Gasteiger partial charge in [-0.15, -0.1) is 0 Å². The summed E-state index contributed by atoms with van der Waals surface area (Å²) in [4.78, 5) is 30.2. The molecule has 1 atom stereocenters. The van der Waals surface area contributed by atoms with Gasteiger partial charge in [-0.3, -0.25) is 24.7 Å². The van der Waals surface area contributed by atoms with E-state index < -0.39 is 46.5 Å². The number of fused-ring (bicyclic) bond motifs is 1. The zero-order valence-electron chi connectivity index (χ0n) is 24.0. The van der Waals surface area contributed by atoms with Crippen LogP contribution in [0.25, 0.3) is 10.9 Å². The summed E-state index contributed by atoms with van der Waals surface area (Å²) in [6, 6.07) is 21.9. The summed E-state index contributed by atoms with van der Waals surface area (Å²) in [7, 11) is -4.19. The van der Waals surface area contributed by atoms with Crippen molar-refractivity contribution in [2.75, 3.05) is 18.0 Å². The van der Waals surface area contributed by atoms with Gasteiger partial charge < -0.3 is 4.74 Å². The molecule has 2 heterocycles. The summed E-state index contributed by atoms with van der Waals surface area (Å²) in [6.45, 7) is 1.06. The molecule has 0 spiro atoms. The SMILES string of the molecule is Cc1cc(COc2ccc(N(C(=O)C(F)(F)F)C3(CC(=O)NO)CCN(S(=O)(=O)c4ccccc4)C3)cc2)c2ccccc2n1. The Morgan fingerprint density at radius 1 is 1.04 bits per heavy atom. The molecular formula is C31H29F3N4O6S. The van der Waals surface area contributed by atoms with Crippen molar-refractivity contribution in [2.45, 2.75) is 43.0 Å². The smallest absolute Gasteiger partial charge is 0.471 e. The number of pyridine rings is 1. The molecule has 1 saturated heterocycles. The number of carbonyl (C=O) groups excluding carboxylic acids is 2. The maximum Gasteiger partial charge on any atom is 0.471 e. The van der Waals surface area contributed by atoms with Gasteiger partial charge in [0.25, 0.3) is 0 Å². The number of aromatic nitrogens is 1. The number of carbonyl (C=O) groups is 2. The van der Waals surface area contributed by atoms with Crippen LogP contribution in [0.5, 0.6) is 5.75 Å². The number of hydroxylamine groups is 1. The number of nitrogens with one attached hydrogen (secondary N) is 1. The maximum atomic E-state index is 14.1. The van der Waals surface area contributed by atoms with Crippen molar-refractivity contribution in [3.63, 3.8) is 0 Å². The minimum Gasteiger partial charge on any atom is -0.489 e. The number of sulfonamides is 1. The molecule has 1 aliphatic heterocycles. The predicted octanol–water partition coefficient (Wildman–Crippen LogP) is 4.75. The summed E-state index contributed by atoms with van der Waals surface area (Å²) in [5.41, 5.74) is 1.57. The van der Waals surface area contributed by atoms with Crippen LogP contribution < -0.4 is 15.1 Å². The number of hydrogen-bond acceptors (Lipinski definition) is 7. The number of hydrogen-bond donors (Lipinski definition) is 2. The number of rotatable bonds is 9. The lowest BCUT2D eigenvalue weighted by atomic mass is 9.90. The fourth-order valence-electron chi connectivity index (χ4n) is 5.61. The Kier molecular flexibility index (Phi) is 8.83. The number of nitrogens with zero attached hydrogens (tertiary/aromatic N) is 3. The zero-order chi connectivity index (χ0) is 32.4. The lowest BCUT2D eigenvalue weighted by molar-refractivity contribution is -0.172. The topological polar surface area (TPSA) is 129 Å². The van der Waals surface area contributed by atoms with Crippen molar-refractivity contribution in [1.82, 2.24) is 14.8 Å². The number of aryl methyl sites for hydroxylation is 1. The summed E-state index contributed by atoms with van der Waals surface area (Å²) in [5, 5.41) is 10.1. The highest BCUT2D eigenvalue weighted by atomic mass is 32.2. The molecule has 14 heteroatoms. The van der Waals surface area contributed by atoms with E-state index in [1.807, 2.05) is 37.3 Å². The number of para-hydroxylation sites is 1. The van der Waals surface area contributed by atoms with Gasteiger partial charge in [-0.2, -0.15) is 17.5 Å². The van der Waals surface area contributed by atoms with E-state index >= 15 is 0 Å². The quantitative estimate of drug-likeness (QED) is 0.199. The minimum absolute atomic E-state index is 0.0974. The van der Waals surface area contributed by atoms with Crippen LogP contribution in [-0.4, -0.2) is 59.5 Å². The molecule has 1 fully saturated rings. The Labute approximate surface area is 257 Å². The van der Waals surface area contributed by atoms with Gasteiger partial charge in [0.1, 0.15) is 12.4 Å². The first-order valence-corrected chi connectivity index (χ1v) is 15.3. The Hall–Kier alpha value is -4.53. The van der Waals surface area contributed by atoms with Crippen LogP contribution in [0, 0.1) is 6.92 Å². The average molecular weight is 643 g/mol. The van der Waals surface area contributed by atoms with Crippen LogP contribution in [-0.2, 0) is 26.2 Å². The van der Waals surface area contributed by atoms with E-state index in [9.17, 15) is 36.4 Å². The molecule has 0 radical (unpaired) electrons. The molecular weight excluding hydrogens is 613 g/mol. The Balaban J connectivity index is 1.48. The highest BCUT2D eigenvalue weighted by molar-refractivity contribution is 7.89. The first kappa shape index (κ1) is 31.9. The van der Waals surface area contributed by atoms with Crippen LogP contribution in [0.2, 0.25) is 0 Å². The summed E-state index contributed by atoms with van der Waals surface area (Å²) in [6.07, 6.45) is -6.50. The van der Waals surface area contributed by atoms with Crippen molar-refractivity contribution in [1.29, 1.82) is 0 Å². The molecule has 2 N–H and O–H groups in total. The first-order valence-electron chi connectivity index (χ1n) is 13.8.